The van der Waals surface area contributed by atoms with Gasteiger partial charge in [0, 0.05) is 13.1 Å². The van der Waals surface area contributed by atoms with Gasteiger partial charge in [-0.2, -0.15) is 4.98 Å². The molecule has 0 bridgehead atoms. The summed E-state index contributed by atoms with van der Waals surface area (Å²) in [7, 11) is 1.52. The summed E-state index contributed by atoms with van der Waals surface area (Å²) in [5, 5.41) is 2.81. The highest BCUT2D eigenvalue weighted by Crippen LogP contribution is 2.23. The second kappa shape index (κ2) is 5.86. The van der Waals surface area contributed by atoms with E-state index in [1.54, 1.807) is 6.20 Å². The summed E-state index contributed by atoms with van der Waals surface area (Å²) in [6.45, 7) is 5.91. The summed E-state index contributed by atoms with van der Waals surface area (Å²) < 4.78 is 5.09. The van der Waals surface area contributed by atoms with Crippen LogP contribution in [0.5, 0.6) is 5.88 Å². The number of carbonyl (C=O) groups is 1. The maximum atomic E-state index is 12.2. The molecule has 0 saturated carbocycles. The monoisotopic (exact) mass is 264 g/mol. The summed E-state index contributed by atoms with van der Waals surface area (Å²) in [6.07, 6.45) is 4.10. The Kier molecular flexibility index (Phi) is 4.19. The number of aromatic nitrogens is 2. The van der Waals surface area contributed by atoms with Gasteiger partial charge in [-0.25, -0.2) is 9.78 Å². The van der Waals surface area contributed by atoms with Crippen LogP contribution in [-0.4, -0.2) is 41.1 Å². The molecule has 2 rings (SSSR count). The maximum absolute atomic E-state index is 12.2. The van der Waals surface area contributed by atoms with Crippen molar-refractivity contribution >= 4 is 11.7 Å². The zero-order valence-corrected chi connectivity index (χ0v) is 11.6. The molecule has 0 aliphatic carbocycles. The number of hydrogen-bond donors (Lipinski definition) is 1. The minimum Gasteiger partial charge on any atom is -0.479 e. The quantitative estimate of drug-likeness (QED) is 0.887. The van der Waals surface area contributed by atoms with Crippen molar-refractivity contribution in [2.24, 2.45) is 11.8 Å². The summed E-state index contributed by atoms with van der Waals surface area (Å²) >= 11 is 0. The molecule has 1 aromatic rings. The molecule has 6 nitrogen and oxygen atoms in total. The Balaban J connectivity index is 2.04. The number of methoxy groups -OCH3 is 1. The molecule has 2 amide bonds. The Labute approximate surface area is 113 Å². The third kappa shape index (κ3) is 3.33. The Hall–Kier alpha value is -1.85. The predicted molar refractivity (Wildman–Crippen MR) is 72.1 cm³/mol. The van der Waals surface area contributed by atoms with Gasteiger partial charge in [0.2, 0.25) is 5.88 Å². The van der Waals surface area contributed by atoms with Crippen molar-refractivity contribution in [3.8, 4) is 5.88 Å². The van der Waals surface area contributed by atoms with Crippen LogP contribution in [0.4, 0.5) is 10.5 Å². The zero-order valence-electron chi connectivity index (χ0n) is 11.6. The number of piperidine rings is 1. The van der Waals surface area contributed by atoms with Gasteiger partial charge in [0.1, 0.15) is 12.0 Å². The van der Waals surface area contributed by atoms with Crippen LogP contribution < -0.4 is 10.1 Å². The van der Waals surface area contributed by atoms with E-state index in [1.807, 2.05) is 4.90 Å². The highest BCUT2D eigenvalue weighted by Gasteiger charge is 2.25. The largest absolute Gasteiger partial charge is 0.479 e. The van der Waals surface area contributed by atoms with Crippen molar-refractivity contribution in [1.82, 2.24) is 14.9 Å². The normalized spacial score (nSPS) is 23.0. The first-order valence-electron chi connectivity index (χ1n) is 6.50. The van der Waals surface area contributed by atoms with Gasteiger partial charge in [-0.05, 0) is 18.3 Å². The molecular weight excluding hydrogens is 244 g/mol. The molecule has 0 aromatic carbocycles. The second-order valence-electron chi connectivity index (χ2n) is 5.23. The van der Waals surface area contributed by atoms with Crippen molar-refractivity contribution in [3.63, 3.8) is 0 Å². The van der Waals surface area contributed by atoms with Crippen LogP contribution in [0, 0.1) is 11.8 Å². The number of amides is 2. The number of likely N-dealkylation sites (tertiary alicyclic amines) is 1. The number of carbonyl (C=O) groups excluding carboxylic acids is 1. The third-order valence-electron chi connectivity index (χ3n) is 3.27. The van der Waals surface area contributed by atoms with Gasteiger partial charge in [0.05, 0.1) is 13.3 Å². The van der Waals surface area contributed by atoms with Crippen LogP contribution in [0.25, 0.3) is 0 Å². The molecule has 1 saturated heterocycles. The average molecular weight is 264 g/mol. The molecule has 0 spiro atoms. The SMILES string of the molecule is COc1ncncc1NC(=O)N1CC(C)CC(C)C1. The fraction of sp³-hybridized carbons (Fsp3) is 0.615. The summed E-state index contributed by atoms with van der Waals surface area (Å²) in [5.41, 5.74) is 0.501. The standard InChI is InChI=1S/C13H20N4O2/c1-9-4-10(2)7-17(6-9)13(18)16-11-5-14-8-15-12(11)19-3/h5,8-10H,4,6-7H2,1-3H3,(H,16,18). The molecule has 2 atom stereocenters. The van der Waals surface area contributed by atoms with Crippen molar-refractivity contribution in [2.45, 2.75) is 20.3 Å². The van der Waals surface area contributed by atoms with Gasteiger partial charge in [0.25, 0.3) is 0 Å². The van der Waals surface area contributed by atoms with Gasteiger partial charge >= 0.3 is 6.03 Å². The molecule has 1 aliphatic rings. The van der Waals surface area contributed by atoms with E-state index in [0.29, 0.717) is 23.4 Å². The summed E-state index contributed by atoms with van der Waals surface area (Å²) in [6, 6.07) is -0.119. The molecule has 1 N–H and O–H groups in total. The van der Waals surface area contributed by atoms with Crippen LogP contribution in [0.15, 0.2) is 12.5 Å². The minimum atomic E-state index is -0.119. The fourth-order valence-electron chi connectivity index (χ4n) is 2.59. The number of ether oxygens (including phenoxy) is 1. The maximum Gasteiger partial charge on any atom is 0.322 e. The molecule has 2 heterocycles. The lowest BCUT2D eigenvalue weighted by Crippen LogP contribution is -2.44. The first-order valence-corrected chi connectivity index (χ1v) is 6.50. The number of nitrogens with zero attached hydrogens (tertiary/aromatic N) is 3. The van der Waals surface area contributed by atoms with Gasteiger partial charge in [0.15, 0.2) is 0 Å². The predicted octanol–water partition coefficient (Wildman–Crippen LogP) is 1.99. The van der Waals surface area contributed by atoms with E-state index in [-0.39, 0.29) is 6.03 Å². The third-order valence-corrected chi connectivity index (χ3v) is 3.27. The van der Waals surface area contributed by atoms with Gasteiger partial charge < -0.3 is 15.0 Å². The van der Waals surface area contributed by atoms with E-state index in [1.165, 1.54) is 19.9 Å². The lowest BCUT2D eigenvalue weighted by Gasteiger charge is -2.34. The van der Waals surface area contributed by atoms with Crippen LogP contribution in [0.3, 0.4) is 0 Å². The lowest BCUT2D eigenvalue weighted by atomic mass is 9.92. The molecular formula is C13H20N4O2. The molecule has 1 aliphatic heterocycles. The van der Waals surface area contributed by atoms with E-state index in [2.05, 4.69) is 29.1 Å². The molecule has 2 unspecified atom stereocenters. The zero-order chi connectivity index (χ0) is 13.8. The van der Waals surface area contributed by atoms with Crippen molar-refractivity contribution in [2.75, 3.05) is 25.5 Å². The number of anilines is 1. The molecule has 1 aromatic heterocycles. The number of rotatable bonds is 2. The number of urea groups is 1. The summed E-state index contributed by atoms with van der Waals surface area (Å²) in [5.74, 6) is 1.44. The van der Waals surface area contributed by atoms with E-state index < -0.39 is 0 Å². The highest BCUT2D eigenvalue weighted by molar-refractivity contribution is 5.90. The Morgan fingerprint density at radius 2 is 2.11 bits per heavy atom. The van der Waals surface area contributed by atoms with E-state index >= 15 is 0 Å². The lowest BCUT2D eigenvalue weighted by molar-refractivity contribution is 0.156. The van der Waals surface area contributed by atoms with Crippen molar-refractivity contribution in [1.29, 1.82) is 0 Å². The molecule has 6 heteroatoms. The minimum absolute atomic E-state index is 0.119. The van der Waals surface area contributed by atoms with Gasteiger partial charge in [-0.3, -0.25) is 0 Å². The molecule has 0 radical (unpaired) electrons. The molecule has 104 valence electrons. The fourth-order valence-corrected chi connectivity index (χ4v) is 2.59. The Morgan fingerprint density at radius 3 is 2.74 bits per heavy atom. The summed E-state index contributed by atoms with van der Waals surface area (Å²) in [4.78, 5) is 21.9. The second-order valence-corrected chi connectivity index (χ2v) is 5.23. The van der Waals surface area contributed by atoms with Crippen LogP contribution in [0.2, 0.25) is 0 Å². The van der Waals surface area contributed by atoms with Crippen LogP contribution in [-0.2, 0) is 0 Å². The number of nitrogens with one attached hydrogen (secondary N) is 1. The molecule has 1 fully saturated rings. The smallest absolute Gasteiger partial charge is 0.322 e. The first-order chi connectivity index (χ1) is 9.10. The Morgan fingerprint density at radius 1 is 1.42 bits per heavy atom. The van der Waals surface area contributed by atoms with Crippen molar-refractivity contribution in [3.05, 3.63) is 12.5 Å². The molecule has 19 heavy (non-hydrogen) atoms. The van der Waals surface area contributed by atoms with Crippen LogP contribution in [0.1, 0.15) is 20.3 Å². The van der Waals surface area contributed by atoms with E-state index in [9.17, 15) is 4.79 Å². The van der Waals surface area contributed by atoms with Crippen LogP contribution >= 0.6 is 0 Å². The highest BCUT2D eigenvalue weighted by atomic mass is 16.5. The number of hydrogen-bond acceptors (Lipinski definition) is 4. The van der Waals surface area contributed by atoms with Gasteiger partial charge in [-0.1, -0.05) is 13.8 Å². The van der Waals surface area contributed by atoms with E-state index in [4.69, 9.17) is 4.74 Å². The van der Waals surface area contributed by atoms with Crippen molar-refractivity contribution < 1.29 is 9.53 Å². The van der Waals surface area contributed by atoms with Gasteiger partial charge in [-0.15, -0.1) is 0 Å². The average Bonchev–Trinajstić information content (AvgIpc) is 2.38. The first kappa shape index (κ1) is 13.6. The van der Waals surface area contributed by atoms with E-state index in [0.717, 1.165) is 13.1 Å². The Bertz CT molecular complexity index is 442. The topological polar surface area (TPSA) is 67.4 Å².